The fraction of sp³-hybridized carbons (Fsp3) is 0.500. The first kappa shape index (κ1) is 22.1. The van der Waals surface area contributed by atoms with Crippen molar-refractivity contribution in [1.82, 2.24) is 15.7 Å². The predicted molar refractivity (Wildman–Crippen MR) is 98.0 cm³/mol. The molecule has 2 atom stereocenters. The van der Waals surface area contributed by atoms with E-state index in [1.54, 1.807) is 12.1 Å². The highest BCUT2D eigenvalue weighted by Gasteiger charge is 2.28. The van der Waals surface area contributed by atoms with Crippen LogP contribution in [0.3, 0.4) is 0 Å². The fourth-order valence-electron chi connectivity index (χ4n) is 2.15. The zero-order valence-corrected chi connectivity index (χ0v) is 15.9. The van der Waals surface area contributed by atoms with Crippen molar-refractivity contribution >= 4 is 19.5 Å². The fourth-order valence-corrected chi connectivity index (χ4v) is 3.29. The minimum atomic E-state index is -4.00. The van der Waals surface area contributed by atoms with Crippen LogP contribution in [0, 0.1) is 5.92 Å². The van der Waals surface area contributed by atoms with Gasteiger partial charge in [-0.1, -0.05) is 44.2 Å². The molecule has 0 spiro atoms. The van der Waals surface area contributed by atoms with Crippen LogP contribution >= 0.6 is 7.52 Å². The number of rotatable bonds is 10. The Balaban J connectivity index is 2.50. The number of carbonyl (C=O) groups is 2. The van der Waals surface area contributed by atoms with Gasteiger partial charge in [-0.3, -0.25) is 9.36 Å². The third-order valence-electron chi connectivity index (χ3n) is 3.31. The molecule has 10 heteroatoms. The van der Waals surface area contributed by atoms with E-state index < -0.39 is 31.8 Å². The SMILES string of the molecule is CC(C)C[C@H](NP(=O)(O)CNC(=O)OCc1ccccc1)C(=O)NCN. The van der Waals surface area contributed by atoms with Crippen LogP contribution in [0.15, 0.2) is 30.3 Å². The zero-order chi connectivity index (χ0) is 19.6. The smallest absolute Gasteiger partial charge is 0.407 e. The van der Waals surface area contributed by atoms with E-state index in [4.69, 9.17) is 10.5 Å². The Labute approximate surface area is 153 Å². The summed E-state index contributed by atoms with van der Waals surface area (Å²) in [5, 5.41) is 7.05. The van der Waals surface area contributed by atoms with Gasteiger partial charge in [-0.15, -0.1) is 0 Å². The number of hydrogen-bond acceptors (Lipinski definition) is 5. The van der Waals surface area contributed by atoms with E-state index in [2.05, 4.69) is 15.7 Å². The van der Waals surface area contributed by atoms with Crippen LogP contribution in [-0.4, -0.2) is 35.9 Å². The van der Waals surface area contributed by atoms with E-state index in [-0.39, 0.29) is 19.2 Å². The summed E-state index contributed by atoms with van der Waals surface area (Å²) in [5.41, 5.74) is 6.07. The molecule has 0 saturated heterocycles. The Morgan fingerprint density at radius 3 is 2.46 bits per heavy atom. The molecular formula is C16H27N4O5P. The Hall–Kier alpha value is -1.93. The summed E-state index contributed by atoms with van der Waals surface area (Å²) in [6, 6.07) is 8.15. The molecule has 2 amide bonds. The van der Waals surface area contributed by atoms with Gasteiger partial charge in [0.05, 0.1) is 12.7 Å². The second-order valence-electron chi connectivity index (χ2n) is 6.15. The number of ether oxygens (including phenoxy) is 1. The van der Waals surface area contributed by atoms with E-state index in [0.29, 0.717) is 6.42 Å². The molecule has 146 valence electrons. The summed E-state index contributed by atoms with van der Waals surface area (Å²) in [5.74, 6) is -0.359. The Kier molecular flexibility index (Phi) is 9.29. The molecule has 6 N–H and O–H groups in total. The highest BCUT2D eigenvalue weighted by atomic mass is 31.2. The molecule has 0 saturated carbocycles. The second kappa shape index (κ2) is 10.9. The lowest BCUT2D eigenvalue weighted by atomic mass is 10.0. The lowest BCUT2D eigenvalue weighted by Gasteiger charge is -2.23. The van der Waals surface area contributed by atoms with Crippen molar-refractivity contribution in [3.63, 3.8) is 0 Å². The topological polar surface area (TPSA) is 143 Å². The molecule has 0 aliphatic heterocycles. The number of hydrogen-bond donors (Lipinski definition) is 5. The molecule has 0 bridgehead atoms. The first-order valence-corrected chi connectivity index (χ1v) is 10.1. The third kappa shape index (κ3) is 8.96. The summed E-state index contributed by atoms with van der Waals surface area (Å²) < 4.78 is 17.2. The average molecular weight is 386 g/mol. The highest BCUT2D eigenvalue weighted by molar-refractivity contribution is 7.55. The van der Waals surface area contributed by atoms with Crippen LogP contribution < -0.4 is 21.5 Å². The van der Waals surface area contributed by atoms with Crippen molar-refractivity contribution in [2.75, 3.05) is 13.0 Å². The average Bonchev–Trinajstić information content (AvgIpc) is 2.58. The van der Waals surface area contributed by atoms with Crippen molar-refractivity contribution in [2.45, 2.75) is 32.9 Å². The van der Waals surface area contributed by atoms with Crippen LogP contribution in [0.25, 0.3) is 0 Å². The molecule has 0 aliphatic rings. The molecule has 26 heavy (non-hydrogen) atoms. The van der Waals surface area contributed by atoms with E-state index in [1.807, 2.05) is 32.0 Å². The van der Waals surface area contributed by atoms with Crippen LogP contribution in [0.1, 0.15) is 25.8 Å². The Morgan fingerprint density at radius 1 is 1.23 bits per heavy atom. The molecule has 0 aromatic heterocycles. The number of nitrogens with one attached hydrogen (secondary N) is 3. The summed E-state index contributed by atoms with van der Waals surface area (Å²) in [6.45, 7) is 3.73. The summed E-state index contributed by atoms with van der Waals surface area (Å²) >= 11 is 0. The number of alkyl carbamates (subject to hydrolysis) is 1. The maximum Gasteiger partial charge on any atom is 0.407 e. The number of nitrogens with two attached hydrogens (primary N) is 1. The molecule has 9 nitrogen and oxygen atoms in total. The molecule has 0 radical (unpaired) electrons. The Morgan fingerprint density at radius 2 is 1.88 bits per heavy atom. The molecule has 1 rings (SSSR count). The van der Waals surface area contributed by atoms with E-state index in [0.717, 1.165) is 5.56 Å². The third-order valence-corrected chi connectivity index (χ3v) is 4.61. The number of benzene rings is 1. The van der Waals surface area contributed by atoms with Crippen LogP contribution in [0.4, 0.5) is 4.79 Å². The van der Waals surface area contributed by atoms with Crippen LogP contribution in [0.2, 0.25) is 0 Å². The van der Waals surface area contributed by atoms with Gasteiger partial charge in [-0.2, -0.15) is 0 Å². The lowest BCUT2D eigenvalue weighted by molar-refractivity contribution is -0.123. The van der Waals surface area contributed by atoms with E-state index in [1.165, 1.54) is 0 Å². The second-order valence-corrected chi connectivity index (χ2v) is 8.13. The summed E-state index contributed by atoms with van der Waals surface area (Å²) in [7, 11) is -4.00. The van der Waals surface area contributed by atoms with E-state index in [9.17, 15) is 19.0 Å². The van der Waals surface area contributed by atoms with Gasteiger partial charge in [0.25, 0.3) is 7.52 Å². The van der Waals surface area contributed by atoms with Crippen molar-refractivity contribution < 1.29 is 23.8 Å². The van der Waals surface area contributed by atoms with Crippen LogP contribution in [-0.2, 0) is 20.7 Å². The lowest BCUT2D eigenvalue weighted by Crippen LogP contribution is -2.46. The maximum atomic E-state index is 12.3. The van der Waals surface area contributed by atoms with Gasteiger partial charge in [-0.05, 0) is 17.9 Å². The van der Waals surface area contributed by atoms with Gasteiger partial charge in [0.2, 0.25) is 5.91 Å². The van der Waals surface area contributed by atoms with Gasteiger partial charge >= 0.3 is 6.09 Å². The molecule has 0 aliphatic carbocycles. The predicted octanol–water partition coefficient (Wildman–Crippen LogP) is 1.09. The maximum absolute atomic E-state index is 12.3. The van der Waals surface area contributed by atoms with Gasteiger partial charge in [0.1, 0.15) is 12.9 Å². The minimum Gasteiger partial charge on any atom is -0.445 e. The number of carbonyl (C=O) groups excluding carboxylic acids is 2. The minimum absolute atomic E-state index is 0.0463. The van der Waals surface area contributed by atoms with Gasteiger partial charge in [-0.25, -0.2) is 9.88 Å². The standard InChI is InChI=1S/C16H27N4O5P/c1-12(2)8-14(15(21)18-10-17)20-26(23,24)11-19-16(22)25-9-13-6-4-3-5-7-13/h3-7,12,14H,8-11,17H2,1-2H3,(H,18,21)(H,19,22)(H2,20,23,24)/t14-/m0/s1. The van der Waals surface area contributed by atoms with Crippen molar-refractivity contribution in [1.29, 1.82) is 0 Å². The van der Waals surface area contributed by atoms with Crippen LogP contribution in [0.5, 0.6) is 0 Å². The molecule has 0 fully saturated rings. The van der Waals surface area contributed by atoms with Gasteiger partial charge in [0, 0.05) is 0 Å². The molecule has 1 aromatic carbocycles. The van der Waals surface area contributed by atoms with Crippen molar-refractivity contribution in [3.8, 4) is 0 Å². The van der Waals surface area contributed by atoms with Gasteiger partial charge in [0.15, 0.2) is 0 Å². The molecule has 1 aromatic rings. The largest absolute Gasteiger partial charge is 0.445 e. The normalized spacial score (nSPS) is 14.3. The summed E-state index contributed by atoms with van der Waals surface area (Å²) in [6.07, 6.45) is -1.04. The van der Waals surface area contributed by atoms with Crippen molar-refractivity contribution in [2.24, 2.45) is 11.7 Å². The van der Waals surface area contributed by atoms with Crippen molar-refractivity contribution in [3.05, 3.63) is 35.9 Å². The first-order valence-electron chi connectivity index (χ1n) is 8.25. The highest BCUT2D eigenvalue weighted by Crippen LogP contribution is 2.35. The molecular weight excluding hydrogens is 359 g/mol. The molecule has 1 unspecified atom stereocenters. The quantitative estimate of drug-likeness (QED) is 0.299. The van der Waals surface area contributed by atoms with Gasteiger partial charge < -0.3 is 26.0 Å². The monoisotopic (exact) mass is 386 g/mol. The first-order chi connectivity index (χ1) is 12.2. The zero-order valence-electron chi connectivity index (χ0n) is 15.0. The Bertz CT molecular complexity index is 626. The summed E-state index contributed by atoms with van der Waals surface area (Å²) in [4.78, 5) is 33.6. The molecule has 0 heterocycles. The number of amides is 2. The van der Waals surface area contributed by atoms with E-state index >= 15 is 0 Å².